The number of benzene rings is 1. The largest absolute Gasteiger partial charge is 0.348 e. The molecule has 38 heavy (non-hydrogen) atoms. The number of hydrogen-bond donors (Lipinski definition) is 1. The van der Waals surface area contributed by atoms with Gasteiger partial charge in [0.15, 0.2) is 11.5 Å². The predicted molar refractivity (Wildman–Crippen MR) is 133 cm³/mol. The number of anilines is 1. The molecular weight excluding hydrogens is 500 g/mol. The molecule has 4 heterocycles. The molecule has 4 amide bonds. The molecule has 2 aliphatic heterocycles. The molecule has 0 atom stereocenters. The van der Waals surface area contributed by atoms with Gasteiger partial charge in [0, 0.05) is 26.7 Å². The van der Waals surface area contributed by atoms with Crippen molar-refractivity contribution in [2.45, 2.75) is 25.7 Å². The van der Waals surface area contributed by atoms with Crippen LogP contribution in [0.3, 0.4) is 0 Å². The number of likely N-dealkylation sites (tertiary alicyclic amines) is 1. The number of nitrogens with one attached hydrogen (secondary N) is 1. The lowest BCUT2D eigenvalue weighted by Gasteiger charge is -2.42. The molecule has 198 valence electrons. The lowest BCUT2D eigenvalue weighted by Crippen LogP contribution is -2.60. The zero-order valence-corrected chi connectivity index (χ0v) is 20.8. The number of halogens is 2. The quantitative estimate of drug-likeness (QED) is 0.518. The van der Waals surface area contributed by atoms with E-state index in [1.807, 2.05) is 0 Å². The molecule has 2 aliphatic rings. The summed E-state index contributed by atoms with van der Waals surface area (Å²) in [7, 11) is 1.65. The highest BCUT2D eigenvalue weighted by molar-refractivity contribution is 5.97. The van der Waals surface area contributed by atoms with Gasteiger partial charge < -0.3 is 15.1 Å². The van der Waals surface area contributed by atoms with Crippen LogP contribution in [0.15, 0.2) is 41.3 Å². The maximum atomic E-state index is 14.0. The van der Waals surface area contributed by atoms with Gasteiger partial charge in [-0.05, 0) is 30.7 Å². The third-order valence-electron chi connectivity index (χ3n) is 6.57. The van der Waals surface area contributed by atoms with Gasteiger partial charge in [0.1, 0.15) is 29.1 Å². The molecule has 5 rings (SSSR count). The van der Waals surface area contributed by atoms with E-state index in [9.17, 15) is 28.0 Å². The first-order chi connectivity index (χ1) is 18.0. The maximum Gasteiger partial charge on any atom is 0.325 e. The van der Waals surface area contributed by atoms with Crippen LogP contribution in [0.4, 0.5) is 19.4 Å². The Labute approximate surface area is 215 Å². The normalized spacial score (nSPS) is 16.6. The van der Waals surface area contributed by atoms with Crippen molar-refractivity contribution < 1.29 is 23.2 Å². The summed E-state index contributed by atoms with van der Waals surface area (Å²) in [5.41, 5.74) is -1.77. The third kappa shape index (κ3) is 4.78. The number of carbonyl (C=O) groups excluding carboxylic acids is 3. The summed E-state index contributed by atoms with van der Waals surface area (Å²) >= 11 is 0. The van der Waals surface area contributed by atoms with Crippen molar-refractivity contribution in [3.05, 3.63) is 63.8 Å². The Morgan fingerprint density at radius 1 is 1.13 bits per heavy atom. The van der Waals surface area contributed by atoms with Crippen molar-refractivity contribution in [1.29, 1.82) is 0 Å². The smallest absolute Gasteiger partial charge is 0.325 e. The van der Waals surface area contributed by atoms with Gasteiger partial charge in [-0.2, -0.15) is 0 Å². The van der Waals surface area contributed by atoms with Gasteiger partial charge in [-0.3, -0.25) is 23.9 Å². The van der Waals surface area contributed by atoms with Crippen molar-refractivity contribution in [2.24, 2.45) is 0 Å². The van der Waals surface area contributed by atoms with E-state index in [1.54, 1.807) is 7.05 Å². The van der Waals surface area contributed by atoms with Crippen molar-refractivity contribution in [3.8, 4) is 0 Å². The zero-order chi connectivity index (χ0) is 27.2. The zero-order valence-electron chi connectivity index (χ0n) is 20.8. The molecule has 11 nitrogen and oxygen atoms in total. The summed E-state index contributed by atoms with van der Waals surface area (Å²) < 4.78 is 28.2. The van der Waals surface area contributed by atoms with Crippen LogP contribution >= 0.6 is 0 Å². The molecule has 3 aromatic rings. The molecule has 2 saturated heterocycles. The van der Waals surface area contributed by atoms with Crippen LogP contribution in [0.1, 0.15) is 22.8 Å². The number of hydrogen-bond acceptors (Lipinski definition) is 6. The van der Waals surface area contributed by atoms with Gasteiger partial charge >= 0.3 is 6.03 Å². The number of nitrogens with zero attached hydrogens (tertiary/aromatic N) is 6. The predicted octanol–water partition coefficient (Wildman–Crippen LogP) is 1.30. The van der Waals surface area contributed by atoms with E-state index in [1.165, 1.54) is 58.2 Å². The summed E-state index contributed by atoms with van der Waals surface area (Å²) in [6.07, 6.45) is 1.33. The van der Waals surface area contributed by atoms with Crippen LogP contribution < -0.4 is 15.8 Å². The van der Waals surface area contributed by atoms with E-state index in [0.29, 0.717) is 18.7 Å². The van der Waals surface area contributed by atoms with Gasteiger partial charge in [0.2, 0.25) is 5.91 Å². The minimum Gasteiger partial charge on any atom is -0.348 e. The Hall–Kier alpha value is -4.42. The van der Waals surface area contributed by atoms with Gasteiger partial charge in [-0.25, -0.2) is 23.5 Å². The average Bonchev–Trinajstić information content (AvgIpc) is 3.21. The van der Waals surface area contributed by atoms with E-state index < -0.39 is 35.4 Å². The van der Waals surface area contributed by atoms with Crippen LogP contribution in [0, 0.1) is 5.82 Å². The fourth-order valence-electron chi connectivity index (χ4n) is 4.47. The van der Waals surface area contributed by atoms with Crippen LogP contribution in [-0.2, 0) is 17.9 Å². The van der Waals surface area contributed by atoms with E-state index in [2.05, 4.69) is 15.3 Å². The second-order valence-electron chi connectivity index (χ2n) is 9.71. The van der Waals surface area contributed by atoms with E-state index in [4.69, 9.17) is 0 Å². The monoisotopic (exact) mass is 525 g/mol. The highest BCUT2D eigenvalue weighted by Gasteiger charge is 2.41. The molecule has 2 aromatic heterocycles. The van der Waals surface area contributed by atoms with Gasteiger partial charge in [-0.1, -0.05) is 12.1 Å². The molecular formula is C25H25F2N7O4. The first kappa shape index (κ1) is 25.2. The Kier molecular flexibility index (Phi) is 6.29. The van der Waals surface area contributed by atoms with Crippen LogP contribution in [0.2, 0.25) is 0 Å². The topological polar surface area (TPSA) is 121 Å². The Balaban J connectivity index is 1.50. The van der Waals surface area contributed by atoms with Crippen molar-refractivity contribution >= 4 is 34.8 Å². The number of amides is 4. The fourth-order valence-corrected chi connectivity index (χ4v) is 4.47. The second-order valence-corrected chi connectivity index (χ2v) is 9.71. The molecule has 1 N–H and O–H groups in total. The van der Waals surface area contributed by atoms with Crippen molar-refractivity contribution in [3.63, 3.8) is 0 Å². The van der Waals surface area contributed by atoms with Crippen molar-refractivity contribution in [1.82, 2.24) is 29.7 Å². The fraction of sp³-hybridized carbons (Fsp3) is 0.360. The average molecular weight is 526 g/mol. The van der Waals surface area contributed by atoms with Crippen LogP contribution in [0.5, 0.6) is 0 Å². The minimum atomic E-state index is -1.49. The maximum absolute atomic E-state index is 14.0. The highest BCUT2D eigenvalue weighted by Crippen LogP contribution is 2.25. The number of fused-ring (bicyclic) bond motifs is 1. The van der Waals surface area contributed by atoms with Gasteiger partial charge in [-0.15, -0.1) is 0 Å². The molecule has 0 bridgehead atoms. The molecule has 1 aromatic carbocycles. The Morgan fingerprint density at radius 3 is 2.47 bits per heavy atom. The first-order valence-corrected chi connectivity index (χ1v) is 11.9. The number of rotatable bonds is 6. The van der Waals surface area contributed by atoms with Gasteiger partial charge in [0.05, 0.1) is 19.3 Å². The molecule has 13 heteroatoms. The summed E-state index contributed by atoms with van der Waals surface area (Å²) in [5.74, 6) is -1.42. The number of urea groups is 1. The molecule has 0 saturated carbocycles. The van der Waals surface area contributed by atoms with Crippen molar-refractivity contribution in [2.75, 3.05) is 38.1 Å². The highest BCUT2D eigenvalue weighted by atomic mass is 19.1. The second kappa shape index (κ2) is 9.47. The van der Waals surface area contributed by atoms with Crippen LogP contribution in [0.25, 0.3) is 11.2 Å². The first-order valence-electron chi connectivity index (χ1n) is 11.9. The summed E-state index contributed by atoms with van der Waals surface area (Å²) in [6, 6.07) is 6.50. The molecule has 0 aliphatic carbocycles. The molecule has 0 radical (unpaired) electrons. The molecule has 0 spiro atoms. The number of alkyl halides is 1. The third-order valence-corrected chi connectivity index (χ3v) is 6.57. The number of likely N-dealkylation sites (N-methyl/N-ethyl adjacent to an activating group) is 1. The van der Waals surface area contributed by atoms with E-state index in [0.717, 1.165) is 4.57 Å². The lowest BCUT2D eigenvalue weighted by molar-refractivity contribution is -0.144. The van der Waals surface area contributed by atoms with E-state index in [-0.39, 0.29) is 48.2 Å². The standard InChI is InChI=1S/C25H25F2N7O4/c1-25(27)13-32(14-25)20(35)12-34-21-18(30-19(11-28-21)33-8-7-31(2)24(33)38)9-17(23(34)37)22(36)29-10-15-3-5-16(26)6-4-15/h3-6,9,11H,7-8,10,12-14H2,1-2H3,(H,29,36). The minimum absolute atomic E-state index is 0.0265. The number of carbonyl (C=O) groups is 3. The molecule has 0 unspecified atom stereocenters. The Morgan fingerprint density at radius 2 is 1.84 bits per heavy atom. The van der Waals surface area contributed by atoms with Crippen LogP contribution in [-0.4, -0.2) is 81.1 Å². The van der Waals surface area contributed by atoms with E-state index >= 15 is 0 Å². The summed E-state index contributed by atoms with van der Waals surface area (Å²) in [5, 5.41) is 2.62. The lowest BCUT2D eigenvalue weighted by atomic mass is 9.99. The molecule has 2 fully saturated rings. The number of pyridine rings is 1. The summed E-state index contributed by atoms with van der Waals surface area (Å²) in [6.45, 7) is 1.62. The SMILES string of the molecule is CN1CCN(c2cnc3c(cc(C(=O)NCc4ccc(F)cc4)c(=O)n3CC(=O)N3CC(C)(F)C3)n2)C1=O. The number of aromatic nitrogens is 3. The Bertz CT molecular complexity index is 1500. The summed E-state index contributed by atoms with van der Waals surface area (Å²) in [4.78, 5) is 64.7. The van der Waals surface area contributed by atoms with Gasteiger partial charge in [0.25, 0.3) is 11.5 Å².